The Morgan fingerprint density at radius 1 is 1.00 bits per heavy atom. The second kappa shape index (κ2) is 5.21. The summed E-state index contributed by atoms with van der Waals surface area (Å²) in [5, 5.41) is 1.76. The number of pyridine rings is 1. The fourth-order valence-corrected chi connectivity index (χ4v) is 2.06. The lowest BCUT2D eigenvalue weighted by atomic mass is 10.1. The third-order valence-electron chi connectivity index (χ3n) is 2.83. The summed E-state index contributed by atoms with van der Waals surface area (Å²) in [6, 6.07) is 17.5. The Morgan fingerprint density at radius 3 is 2.79 bits per heavy atom. The highest BCUT2D eigenvalue weighted by atomic mass is 35.5. The highest BCUT2D eigenvalue weighted by molar-refractivity contribution is 6.33. The molecular formula is C16H11ClN2. The van der Waals surface area contributed by atoms with Gasteiger partial charge in [-0.15, -0.1) is 0 Å². The van der Waals surface area contributed by atoms with Crippen LogP contribution in [0.4, 0.5) is 5.69 Å². The zero-order valence-corrected chi connectivity index (χ0v) is 10.9. The highest BCUT2D eigenvalue weighted by Gasteiger charge is 1.97. The molecule has 0 aliphatic rings. The third-order valence-corrected chi connectivity index (χ3v) is 3.15. The van der Waals surface area contributed by atoms with E-state index in [2.05, 4.69) is 16.0 Å². The summed E-state index contributed by atoms with van der Waals surface area (Å²) in [6.45, 7) is 0. The van der Waals surface area contributed by atoms with Gasteiger partial charge in [0.2, 0.25) is 0 Å². The fourth-order valence-electron chi connectivity index (χ4n) is 1.87. The summed E-state index contributed by atoms with van der Waals surface area (Å²) in [4.78, 5) is 8.69. The number of aromatic nitrogens is 1. The molecule has 3 rings (SSSR count). The summed E-state index contributed by atoms with van der Waals surface area (Å²) in [7, 11) is 0. The molecule has 3 aromatic rings. The number of aliphatic imine (C=N–C) groups is 1. The molecule has 0 unspecified atom stereocenters. The van der Waals surface area contributed by atoms with Crippen molar-refractivity contribution in [3.05, 3.63) is 71.4 Å². The Bertz CT molecular complexity index is 750. The molecule has 0 radical (unpaired) electrons. The van der Waals surface area contributed by atoms with Gasteiger partial charge in [0.25, 0.3) is 0 Å². The molecule has 2 nitrogen and oxygen atoms in total. The molecule has 92 valence electrons. The van der Waals surface area contributed by atoms with Gasteiger partial charge in [-0.05, 0) is 35.9 Å². The number of halogens is 1. The second-order valence-electron chi connectivity index (χ2n) is 4.17. The average molecular weight is 267 g/mol. The standard InChI is InChI=1S/C16H11ClN2/c17-14-5-1-2-6-16(14)19-11-12-7-8-15-13(10-12)4-3-9-18-15/h1-11H. The minimum Gasteiger partial charge on any atom is -0.256 e. The minimum absolute atomic E-state index is 0.654. The van der Waals surface area contributed by atoms with E-state index in [0.717, 1.165) is 22.2 Å². The Balaban J connectivity index is 1.95. The molecule has 0 amide bonds. The van der Waals surface area contributed by atoms with Gasteiger partial charge < -0.3 is 0 Å². The first-order chi connectivity index (χ1) is 9.33. The van der Waals surface area contributed by atoms with Crippen LogP contribution in [0.2, 0.25) is 5.02 Å². The zero-order chi connectivity index (χ0) is 13.1. The van der Waals surface area contributed by atoms with E-state index in [1.807, 2.05) is 54.7 Å². The minimum atomic E-state index is 0.654. The maximum absolute atomic E-state index is 6.06. The summed E-state index contributed by atoms with van der Waals surface area (Å²) in [6.07, 6.45) is 3.60. The lowest BCUT2D eigenvalue weighted by Crippen LogP contribution is -1.83. The average Bonchev–Trinajstić information content (AvgIpc) is 2.46. The van der Waals surface area contributed by atoms with Crippen LogP contribution in [0.15, 0.2) is 65.8 Å². The first kappa shape index (κ1) is 11.9. The molecule has 0 aliphatic heterocycles. The summed E-state index contributed by atoms with van der Waals surface area (Å²) in [5.41, 5.74) is 2.79. The number of rotatable bonds is 2. The fraction of sp³-hybridized carbons (Fsp3) is 0. The normalized spacial score (nSPS) is 11.2. The topological polar surface area (TPSA) is 25.2 Å². The highest BCUT2D eigenvalue weighted by Crippen LogP contribution is 2.23. The maximum Gasteiger partial charge on any atom is 0.0816 e. The molecule has 0 aliphatic carbocycles. The molecule has 0 saturated heterocycles. The van der Waals surface area contributed by atoms with E-state index in [0.29, 0.717) is 5.02 Å². The van der Waals surface area contributed by atoms with Crippen LogP contribution in [0.5, 0.6) is 0 Å². The van der Waals surface area contributed by atoms with Gasteiger partial charge in [0.1, 0.15) is 0 Å². The van der Waals surface area contributed by atoms with E-state index in [1.54, 1.807) is 6.20 Å². The maximum atomic E-state index is 6.06. The van der Waals surface area contributed by atoms with Gasteiger partial charge in [-0.3, -0.25) is 9.98 Å². The summed E-state index contributed by atoms with van der Waals surface area (Å²) in [5.74, 6) is 0. The third kappa shape index (κ3) is 2.64. The van der Waals surface area contributed by atoms with E-state index in [4.69, 9.17) is 11.6 Å². The van der Waals surface area contributed by atoms with E-state index < -0.39 is 0 Å². The zero-order valence-electron chi connectivity index (χ0n) is 10.1. The lowest BCUT2D eigenvalue weighted by molar-refractivity contribution is 1.41. The van der Waals surface area contributed by atoms with Gasteiger partial charge in [-0.2, -0.15) is 0 Å². The molecule has 2 aromatic carbocycles. The van der Waals surface area contributed by atoms with Crippen molar-refractivity contribution in [2.45, 2.75) is 0 Å². The SMILES string of the molecule is Clc1ccccc1N=Cc1ccc2ncccc2c1. The number of fused-ring (bicyclic) bond motifs is 1. The van der Waals surface area contributed by atoms with Crippen LogP contribution in [0.3, 0.4) is 0 Å². The van der Waals surface area contributed by atoms with Crippen molar-refractivity contribution in [2.24, 2.45) is 4.99 Å². The van der Waals surface area contributed by atoms with E-state index in [9.17, 15) is 0 Å². The molecule has 1 heterocycles. The predicted octanol–water partition coefficient (Wildman–Crippen LogP) is 4.64. The Hall–Kier alpha value is -2.19. The van der Waals surface area contributed by atoms with E-state index in [-0.39, 0.29) is 0 Å². The van der Waals surface area contributed by atoms with Crippen LogP contribution < -0.4 is 0 Å². The van der Waals surface area contributed by atoms with Gasteiger partial charge in [0, 0.05) is 17.8 Å². The first-order valence-corrected chi connectivity index (χ1v) is 6.34. The van der Waals surface area contributed by atoms with Gasteiger partial charge in [0.15, 0.2) is 0 Å². The van der Waals surface area contributed by atoms with Crippen LogP contribution in [-0.2, 0) is 0 Å². The van der Waals surface area contributed by atoms with Crippen molar-refractivity contribution < 1.29 is 0 Å². The van der Waals surface area contributed by atoms with Crippen molar-refractivity contribution in [3.63, 3.8) is 0 Å². The number of para-hydroxylation sites is 1. The smallest absolute Gasteiger partial charge is 0.0816 e. The second-order valence-corrected chi connectivity index (χ2v) is 4.57. The number of hydrogen-bond donors (Lipinski definition) is 0. The van der Waals surface area contributed by atoms with Crippen LogP contribution in [0.25, 0.3) is 10.9 Å². The van der Waals surface area contributed by atoms with Crippen molar-refractivity contribution in [1.82, 2.24) is 4.98 Å². The van der Waals surface area contributed by atoms with Crippen LogP contribution >= 0.6 is 11.6 Å². The molecule has 0 spiro atoms. The van der Waals surface area contributed by atoms with E-state index >= 15 is 0 Å². The Kier molecular flexibility index (Phi) is 3.25. The van der Waals surface area contributed by atoms with Gasteiger partial charge in [0.05, 0.1) is 16.2 Å². The molecule has 0 N–H and O–H groups in total. The summed E-state index contributed by atoms with van der Waals surface area (Å²) >= 11 is 6.06. The number of nitrogens with zero attached hydrogens (tertiary/aromatic N) is 2. The lowest BCUT2D eigenvalue weighted by Gasteiger charge is -1.99. The van der Waals surface area contributed by atoms with Crippen molar-refractivity contribution in [1.29, 1.82) is 0 Å². The molecule has 0 fully saturated rings. The first-order valence-electron chi connectivity index (χ1n) is 5.96. The Labute approximate surface area is 116 Å². The van der Waals surface area contributed by atoms with Crippen LogP contribution in [0, 0.1) is 0 Å². The molecular weight excluding hydrogens is 256 g/mol. The van der Waals surface area contributed by atoms with Gasteiger partial charge in [-0.1, -0.05) is 35.9 Å². The molecule has 1 aromatic heterocycles. The molecule has 3 heteroatoms. The molecule has 0 atom stereocenters. The van der Waals surface area contributed by atoms with E-state index in [1.165, 1.54) is 0 Å². The predicted molar refractivity (Wildman–Crippen MR) is 80.4 cm³/mol. The Morgan fingerprint density at radius 2 is 1.89 bits per heavy atom. The number of hydrogen-bond acceptors (Lipinski definition) is 2. The quantitative estimate of drug-likeness (QED) is 0.621. The van der Waals surface area contributed by atoms with Crippen molar-refractivity contribution in [3.8, 4) is 0 Å². The number of benzene rings is 2. The van der Waals surface area contributed by atoms with Gasteiger partial charge >= 0.3 is 0 Å². The van der Waals surface area contributed by atoms with Crippen LogP contribution in [-0.4, -0.2) is 11.2 Å². The summed E-state index contributed by atoms with van der Waals surface area (Å²) < 4.78 is 0. The molecule has 19 heavy (non-hydrogen) atoms. The molecule has 0 bridgehead atoms. The monoisotopic (exact) mass is 266 g/mol. The van der Waals surface area contributed by atoms with Gasteiger partial charge in [-0.25, -0.2) is 0 Å². The van der Waals surface area contributed by atoms with Crippen molar-refractivity contribution >= 4 is 34.4 Å². The van der Waals surface area contributed by atoms with Crippen LogP contribution in [0.1, 0.15) is 5.56 Å². The largest absolute Gasteiger partial charge is 0.256 e. The molecule has 0 saturated carbocycles. The van der Waals surface area contributed by atoms with Crippen molar-refractivity contribution in [2.75, 3.05) is 0 Å².